The minimum Gasteiger partial charge on any atom is -0.508 e. The van der Waals surface area contributed by atoms with Gasteiger partial charge in [0.2, 0.25) is 0 Å². The van der Waals surface area contributed by atoms with Gasteiger partial charge >= 0.3 is 0 Å². The average Bonchev–Trinajstić information content (AvgIpc) is 2.74. The Labute approximate surface area is 108 Å². The van der Waals surface area contributed by atoms with Crippen molar-refractivity contribution in [1.29, 1.82) is 0 Å². The highest BCUT2D eigenvalue weighted by atomic mass is 16.3. The maximum atomic E-state index is 10.7. The highest BCUT2D eigenvalue weighted by molar-refractivity contribution is 5.31. The molecule has 0 unspecified atom stereocenters. The summed E-state index contributed by atoms with van der Waals surface area (Å²) in [6.45, 7) is 4.05. The van der Waals surface area contributed by atoms with Crippen LogP contribution in [0.2, 0.25) is 0 Å². The zero-order chi connectivity index (χ0) is 12.8. The summed E-state index contributed by atoms with van der Waals surface area (Å²) >= 11 is 0. The lowest BCUT2D eigenvalue weighted by molar-refractivity contribution is -0.0414. The molecule has 3 nitrogen and oxygen atoms in total. The van der Waals surface area contributed by atoms with E-state index in [0.29, 0.717) is 6.04 Å². The molecule has 1 aromatic carbocycles. The number of hydrogen-bond donors (Lipinski definition) is 2. The number of phenols is 1. The first-order valence-corrected chi connectivity index (χ1v) is 6.81. The van der Waals surface area contributed by atoms with Crippen molar-refractivity contribution in [2.45, 2.75) is 43.7 Å². The molecule has 18 heavy (non-hydrogen) atoms. The summed E-state index contributed by atoms with van der Waals surface area (Å²) in [6, 6.07) is 7.85. The maximum Gasteiger partial charge on any atom is 0.115 e. The van der Waals surface area contributed by atoms with Gasteiger partial charge in [0, 0.05) is 18.5 Å². The van der Waals surface area contributed by atoms with E-state index in [1.54, 1.807) is 12.1 Å². The normalized spacial score (nSPS) is 36.6. The van der Waals surface area contributed by atoms with E-state index in [1.807, 2.05) is 19.1 Å². The van der Waals surface area contributed by atoms with Crippen molar-refractivity contribution < 1.29 is 10.2 Å². The van der Waals surface area contributed by atoms with E-state index < -0.39 is 5.60 Å². The summed E-state index contributed by atoms with van der Waals surface area (Å²) in [5.74, 6) is 0.431. The monoisotopic (exact) mass is 247 g/mol. The number of benzene rings is 1. The molecule has 0 bridgehead atoms. The molecule has 0 amide bonds. The Bertz CT molecular complexity index is 427. The van der Waals surface area contributed by atoms with Gasteiger partial charge in [-0.3, -0.25) is 4.90 Å². The van der Waals surface area contributed by atoms with Gasteiger partial charge in [-0.15, -0.1) is 0 Å². The third-order valence-electron chi connectivity index (χ3n) is 4.61. The Hall–Kier alpha value is -1.06. The van der Waals surface area contributed by atoms with E-state index in [0.717, 1.165) is 25.1 Å². The molecule has 3 rings (SSSR count). The average molecular weight is 247 g/mol. The van der Waals surface area contributed by atoms with Crippen LogP contribution in [-0.2, 0) is 0 Å². The first-order valence-electron chi connectivity index (χ1n) is 6.81. The highest BCUT2D eigenvalue weighted by Gasteiger charge is 2.44. The van der Waals surface area contributed by atoms with Crippen molar-refractivity contribution in [2.24, 2.45) is 0 Å². The molecule has 0 spiro atoms. The minimum atomic E-state index is -0.636. The van der Waals surface area contributed by atoms with Gasteiger partial charge in [-0.05, 0) is 50.4 Å². The summed E-state index contributed by atoms with van der Waals surface area (Å²) < 4.78 is 0. The van der Waals surface area contributed by atoms with E-state index in [2.05, 4.69) is 4.90 Å². The van der Waals surface area contributed by atoms with Crippen molar-refractivity contribution in [3.63, 3.8) is 0 Å². The molecule has 0 aliphatic carbocycles. The molecule has 2 N–H and O–H groups in total. The second-order valence-corrected chi connectivity index (χ2v) is 6.00. The van der Waals surface area contributed by atoms with Crippen LogP contribution in [0.3, 0.4) is 0 Å². The van der Waals surface area contributed by atoms with Gasteiger partial charge < -0.3 is 10.2 Å². The predicted molar refractivity (Wildman–Crippen MR) is 70.7 cm³/mol. The molecule has 2 heterocycles. The van der Waals surface area contributed by atoms with E-state index >= 15 is 0 Å². The van der Waals surface area contributed by atoms with Crippen LogP contribution >= 0.6 is 0 Å². The van der Waals surface area contributed by atoms with Gasteiger partial charge in [0.15, 0.2) is 0 Å². The van der Waals surface area contributed by atoms with Gasteiger partial charge in [0.25, 0.3) is 0 Å². The maximum absolute atomic E-state index is 10.7. The van der Waals surface area contributed by atoms with E-state index in [-0.39, 0.29) is 11.7 Å². The van der Waals surface area contributed by atoms with Crippen LogP contribution in [0, 0.1) is 0 Å². The van der Waals surface area contributed by atoms with Crippen LogP contribution in [0.1, 0.15) is 37.7 Å². The van der Waals surface area contributed by atoms with Crippen LogP contribution < -0.4 is 0 Å². The quantitative estimate of drug-likeness (QED) is 0.798. The number of piperidine rings is 1. The fourth-order valence-corrected chi connectivity index (χ4v) is 3.59. The lowest BCUT2D eigenvalue weighted by Gasteiger charge is -2.45. The number of nitrogens with zero attached hydrogens (tertiary/aromatic N) is 1. The molecule has 98 valence electrons. The largest absolute Gasteiger partial charge is 0.508 e. The zero-order valence-electron chi connectivity index (χ0n) is 10.8. The topological polar surface area (TPSA) is 43.7 Å². The fourth-order valence-electron chi connectivity index (χ4n) is 3.59. The Balaban J connectivity index is 1.87. The first kappa shape index (κ1) is 12.0. The Morgan fingerprint density at radius 2 is 2.00 bits per heavy atom. The molecule has 2 saturated heterocycles. The Kier molecular flexibility index (Phi) is 2.83. The van der Waals surface area contributed by atoms with E-state index in [4.69, 9.17) is 0 Å². The number of phenolic OH excluding ortho intramolecular Hbond substituents is 1. The minimum absolute atomic E-state index is 0.146. The molecular formula is C15H21NO2. The molecule has 1 aromatic rings. The molecule has 0 radical (unpaired) electrons. The van der Waals surface area contributed by atoms with Crippen LogP contribution in [0.5, 0.6) is 5.75 Å². The number of aliphatic hydroxyl groups is 1. The van der Waals surface area contributed by atoms with Crippen LogP contribution in [0.4, 0.5) is 0 Å². The van der Waals surface area contributed by atoms with Crippen LogP contribution in [-0.4, -0.2) is 39.8 Å². The van der Waals surface area contributed by atoms with E-state index in [1.165, 1.54) is 12.8 Å². The van der Waals surface area contributed by atoms with Gasteiger partial charge in [0.05, 0.1) is 5.60 Å². The highest BCUT2D eigenvalue weighted by Crippen LogP contribution is 2.41. The summed E-state index contributed by atoms with van der Waals surface area (Å²) in [5.41, 5.74) is 0.491. The predicted octanol–water partition coefficient (Wildman–Crippen LogP) is 2.09. The first-order chi connectivity index (χ1) is 8.56. The lowest BCUT2D eigenvalue weighted by atomic mass is 9.75. The van der Waals surface area contributed by atoms with Gasteiger partial charge in [0.1, 0.15) is 5.75 Å². The van der Waals surface area contributed by atoms with Crippen LogP contribution in [0.15, 0.2) is 24.3 Å². The standard InChI is InChI=1S/C15H21NO2/c1-15(18)9-12-3-2-8-16(12)10-14(15)11-4-6-13(17)7-5-11/h4-7,12,14,17-18H,2-3,8-10H2,1H3/t12-,14-,15-/m1/s1. The molecule has 2 fully saturated rings. The molecule has 2 aliphatic heterocycles. The summed E-state index contributed by atoms with van der Waals surface area (Å²) in [5, 5.41) is 20.1. The van der Waals surface area contributed by atoms with E-state index in [9.17, 15) is 10.2 Å². The lowest BCUT2D eigenvalue weighted by Crippen LogP contribution is -2.51. The zero-order valence-corrected chi connectivity index (χ0v) is 10.8. The van der Waals surface area contributed by atoms with Crippen LogP contribution in [0.25, 0.3) is 0 Å². The molecule has 2 aliphatic rings. The Morgan fingerprint density at radius 1 is 1.28 bits per heavy atom. The molecule has 0 aromatic heterocycles. The molecular weight excluding hydrogens is 226 g/mol. The van der Waals surface area contributed by atoms with Crippen molar-refractivity contribution in [2.75, 3.05) is 13.1 Å². The van der Waals surface area contributed by atoms with Crippen molar-refractivity contribution >= 4 is 0 Å². The number of hydrogen-bond acceptors (Lipinski definition) is 3. The molecule has 3 atom stereocenters. The number of aromatic hydroxyl groups is 1. The second-order valence-electron chi connectivity index (χ2n) is 6.00. The molecule has 0 saturated carbocycles. The number of rotatable bonds is 1. The van der Waals surface area contributed by atoms with Gasteiger partial charge in [-0.2, -0.15) is 0 Å². The number of fused-ring (bicyclic) bond motifs is 1. The Morgan fingerprint density at radius 3 is 2.72 bits per heavy atom. The summed E-state index contributed by atoms with van der Waals surface area (Å²) in [7, 11) is 0. The third kappa shape index (κ3) is 2.02. The third-order valence-corrected chi connectivity index (χ3v) is 4.61. The summed E-state index contributed by atoms with van der Waals surface area (Å²) in [4.78, 5) is 2.51. The van der Waals surface area contributed by atoms with Gasteiger partial charge in [-0.25, -0.2) is 0 Å². The fraction of sp³-hybridized carbons (Fsp3) is 0.600. The van der Waals surface area contributed by atoms with Crippen molar-refractivity contribution in [3.8, 4) is 5.75 Å². The van der Waals surface area contributed by atoms with Crippen molar-refractivity contribution in [3.05, 3.63) is 29.8 Å². The smallest absolute Gasteiger partial charge is 0.115 e. The molecule has 3 heteroatoms. The van der Waals surface area contributed by atoms with Gasteiger partial charge in [-0.1, -0.05) is 12.1 Å². The summed E-state index contributed by atoms with van der Waals surface area (Å²) in [6.07, 6.45) is 3.33. The second kappa shape index (κ2) is 4.25. The SMILES string of the molecule is C[C@@]1(O)C[C@H]2CCCN2C[C@@H]1c1ccc(O)cc1. The van der Waals surface area contributed by atoms with Crippen molar-refractivity contribution in [1.82, 2.24) is 4.90 Å².